The average molecular weight is 240 g/mol. The SMILES string of the molecule is CC(NC1CCCC1O)c1ccc(Cl)cc1. The standard InChI is InChI=1S/C13H18ClNO/c1-9(10-5-7-11(14)8-6-10)15-12-3-2-4-13(12)16/h5-9,12-13,15-16H,2-4H2,1H3. The highest BCUT2D eigenvalue weighted by Gasteiger charge is 2.26. The van der Waals surface area contributed by atoms with Gasteiger partial charge in [0.25, 0.3) is 0 Å². The molecule has 0 spiro atoms. The van der Waals surface area contributed by atoms with Crippen molar-refractivity contribution in [3.05, 3.63) is 34.9 Å². The van der Waals surface area contributed by atoms with Gasteiger partial charge in [0, 0.05) is 17.1 Å². The van der Waals surface area contributed by atoms with E-state index in [0.717, 1.165) is 24.3 Å². The minimum Gasteiger partial charge on any atom is -0.392 e. The number of nitrogens with one attached hydrogen (secondary N) is 1. The van der Waals surface area contributed by atoms with Gasteiger partial charge in [-0.3, -0.25) is 0 Å². The Balaban J connectivity index is 1.97. The normalized spacial score (nSPS) is 26.9. The lowest BCUT2D eigenvalue weighted by Gasteiger charge is -2.22. The first-order valence-electron chi connectivity index (χ1n) is 5.86. The molecule has 2 N–H and O–H groups in total. The molecule has 2 rings (SSSR count). The molecule has 0 heterocycles. The van der Waals surface area contributed by atoms with Gasteiger partial charge in [-0.1, -0.05) is 23.7 Å². The third-order valence-electron chi connectivity index (χ3n) is 3.31. The van der Waals surface area contributed by atoms with Gasteiger partial charge in [-0.2, -0.15) is 0 Å². The van der Waals surface area contributed by atoms with Crippen LogP contribution in [0.5, 0.6) is 0 Å². The molecule has 1 saturated carbocycles. The van der Waals surface area contributed by atoms with Crippen LogP contribution in [0.4, 0.5) is 0 Å². The number of aliphatic hydroxyl groups is 1. The Morgan fingerprint density at radius 3 is 2.56 bits per heavy atom. The van der Waals surface area contributed by atoms with Crippen LogP contribution in [0, 0.1) is 0 Å². The molecular formula is C13H18ClNO. The Morgan fingerprint density at radius 2 is 2.00 bits per heavy atom. The van der Waals surface area contributed by atoms with Crippen LogP contribution in [-0.4, -0.2) is 17.3 Å². The summed E-state index contributed by atoms with van der Waals surface area (Å²) in [5.41, 5.74) is 1.21. The van der Waals surface area contributed by atoms with E-state index >= 15 is 0 Å². The summed E-state index contributed by atoms with van der Waals surface area (Å²) in [5, 5.41) is 14.0. The van der Waals surface area contributed by atoms with Crippen LogP contribution in [0.15, 0.2) is 24.3 Å². The van der Waals surface area contributed by atoms with Crippen LogP contribution >= 0.6 is 11.6 Å². The van der Waals surface area contributed by atoms with Crippen molar-refractivity contribution in [2.75, 3.05) is 0 Å². The molecule has 0 amide bonds. The Bertz CT molecular complexity index is 338. The van der Waals surface area contributed by atoms with Crippen molar-refractivity contribution in [1.29, 1.82) is 0 Å². The van der Waals surface area contributed by atoms with Crippen molar-refractivity contribution in [1.82, 2.24) is 5.32 Å². The third kappa shape index (κ3) is 2.76. The van der Waals surface area contributed by atoms with Gasteiger partial charge in [0.2, 0.25) is 0 Å². The molecule has 0 radical (unpaired) electrons. The lowest BCUT2D eigenvalue weighted by atomic mass is 10.1. The van der Waals surface area contributed by atoms with E-state index in [1.807, 2.05) is 24.3 Å². The van der Waals surface area contributed by atoms with Crippen LogP contribution in [-0.2, 0) is 0 Å². The van der Waals surface area contributed by atoms with E-state index in [1.165, 1.54) is 5.56 Å². The molecule has 3 heteroatoms. The lowest BCUT2D eigenvalue weighted by molar-refractivity contribution is 0.144. The summed E-state index contributed by atoms with van der Waals surface area (Å²) in [7, 11) is 0. The molecule has 1 fully saturated rings. The zero-order valence-electron chi connectivity index (χ0n) is 9.49. The molecule has 1 aromatic carbocycles. The number of hydrogen-bond acceptors (Lipinski definition) is 2. The highest BCUT2D eigenvalue weighted by Crippen LogP contribution is 2.23. The first-order valence-corrected chi connectivity index (χ1v) is 6.24. The maximum Gasteiger partial charge on any atom is 0.0693 e. The summed E-state index contributed by atoms with van der Waals surface area (Å²) in [6.07, 6.45) is 2.92. The van der Waals surface area contributed by atoms with Gasteiger partial charge in [-0.15, -0.1) is 0 Å². The molecular weight excluding hydrogens is 222 g/mol. The van der Waals surface area contributed by atoms with Crippen molar-refractivity contribution in [2.24, 2.45) is 0 Å². The van der Waals surface area contributed by atoms with E-state index in [4.69, 9.17) is 11.6 Å². The number of aliphatic hydroxyl groups excluding tert-OH is 1. The van der Waals surface area contributed by atoms with Gasteiger partial charge < -0.3 is 10.4 Å². The Hall–Kier alpha value is -0.570. The highest BCUT2D eigenvalue weighted by molar-refractivity contribution is 6.30. The van der Waals surface area contributed by atoms with Gasteiger partial charge in [-0.25, -0.2) is 0 Å². The fraction of sp³-hybridized carbons (Fsp3) is 0.538. The van der Waals surface area contributed by atoms with Crippen molar-refractivity contribution >= 4 is 11.6 Å². The van der Waals surface area contributed by atoms with E-state index < -0.39 is 0 Å². The predicted molar refractivity (Wildman–Crippen MR) is 66.6 cm³/mol. The molecule has 1 aliphatic carbocycles. The zero-order chi connectivity index (χ0) is 11.5. The van der Waals surface area contributed by atoms with E-state index in [0.29, 0.717) is 0 Å². The molecule has 16 heavy (non-hydrogen) atoms. The molecule has 1 aromatic rings. The molecule has 0 aromatic heterocycles. The van der Waals surface area contributed by atoms with E-state index in [1.54, 1.807) is 0 Å². The van der Waals surface area contributed by atoms with Crippen LogP contribution in [0.3, 0.4) is 0 Å². The summed E-state index contributed by atoms with van der Waals surface area (Å²) in [6.45, 7) is 2.12. The van der Waals surface area contributed by atoms with E-state index in [-0.39, 0.29) is 18.2 Å². The molecule has 88 valence electrons. The maximum atomic E-state index is 9.75. The molecule has 0 aliphatic heterocycles. The predicted octanol–water partition coefficient (Wildman–Crippen LogP) is 2.90. The highest BCUT2D eigenvalue weighted by atomic mass is 35.5. The van der Waals surface area contributed by atoms with Gasteiger partial charge in [0.1, 0.15) is 0 Å². The van der Waals surface area contributed by atoms with Crippen molar-refractivity contribution in [3.63, 3.8) is 0 Å². The second-order valence-corrected chi connectivity index (χ2v) is 4.98. The van der Waals surface area contributed by atoms with Crippen LogP contribution < -0.4 is 5.32 Å². The summed E-state index contributed by atoms with van der Waals surface area (Å²) in [5.74, 6) is 0. The summed E-state index contributed by atoms with van der Waals surface area (Å²) >= 11 is 5.85. The van der Waals surface area contributed by atoms with E-state index in [9.17, 15) is 5.11 Å². The van der Waals surface area contributed by atoms with Crippen LogP contribution in [0.2, 0.25) is 5.02 Å². The third-order valence-corrected chi connectivity index (χ3v) is 3.57. The second kappa shape index (κ2) is 5.17. The van der Waals surface area contributed by atoms with Crippen LogP contribution in [0.1, 0.15) is 37.8 Å². The summed E-state index contributed by atoms with van der Waals surface area (Å²) < 4.78 is 0. The fourth-order valence-corrected chi connectivity index (χ4v) is 2.43. The minimum absolute atomic E-state index is 0.185. The fourth-order valence-electron chi connectivity index (χ4n) is 2.30. The average Bonchev–Trinajstić information content (AvgIpc) is 2.65. The topological polar surface area (TPSA) is 32.3 Å². The van der Waals surface area contributed by atoms with Crippen molar-refractivity contribution < 1.29 is 5.11 Å². The number of benzene rings is 1. The van der Waals surface area contributed by atoms with Crippen molar-refractivity contribution in [2.45, 2.75) is 44.4 Å². The Kier molecular flexibility index (Phi) is 3.85. The van der Waals surface area contributed by atoms with Gasteiger partial charge in [-0.05, 0) is 43.9 Å². The number of hydrogen-bond donors (Lipinski definition) is 2. The summed E-state index contributed by atoms with van der Waals surface area (Å²) in [6, 6.07) is 8.36. The van der Waals surface area contributed by atoms with Gasteiger partial charge in [0.05, 0.1) is 6.10 Å². The molecule has 2 nitrogen and oxygen atoms in total. The quantitative estimate of drug-likeness (QED) is 0.850. The smallest absolute Gasteiger partial charge is 0.0693 e. The monoisotopic (exact) mass is 239 g/mol. The van der Waals surface area contributed by atoms with E-state index in [2.05, 4.69) is 12.2 Å². The lowest BCUT2D eigenvalue weighted by Crippen LogP contribution is -2.37. The number of halogens is 1. The first-order chi connectivity index (χ1) is 7.66. The zero-order valence-corrected chi connectivity index (χ0v) is 10.2. The van der Waals surface area contributed by atoms with Crippen LogP contribution in [0.25, 0.3) is 0 Å². The second-order valence-electron chi connectivity index (χ2n) is 4.54. The molecule has 0 saturated heterocycles. The van der Waals surface area contributed by atoms with Gasteiger partial charge >= 0.3 is 0 Å². The maximum absolute atomic E-state index is 9.75. The largest absolute Gasteiger partial charge is 0.392 e. The molecule has 0 bridgehead atoms. The minimum atomic E-state index is -0.185. The Morgan fingerprint density at radius 1 is 1.31 bits per heavy atom. The van der Waals surface area contributed by atoms with Crippen molar-refractivity contribution in [3.8, 4) is 0 Å². The first kappa shape index (κ1) is 11.9. The molecule has 3 atom stereocenters. The number of rotatable bonds is 3. The molecule has 3 unspecified atom stereocenters. The molecule has 1 aliphatic rings. The Labute approximate surface area is 102 Å². The summed E-state index contributed by atoms with van der Waals surface area (Å²) in [4.78, 5) is 0. The van der Waals surface area contributed by atoms with Gasteiger partial charge in [0.15, 0.2) is 0 Å².